The third-order valence-corrected chi connectivity index (χ3v) is 1.60. The van der Waals surface area contributed by atoms with Crippen LogP contribution in [0.25, 0.3) is 0 Å². The number of nitrogens with two attached hydrogens (primary N) is 1. The van der Waals surface area contributed by atoms with E-state index in [2.05, 4.69) is 18.2 Å². The first-order valence-corrected chi connectivity index (χ1v) is 4.25. The standard InChI is InChI=1S/C7H14N2O.CH3Cl/c1-5(7(8)10)6(2)9(3)4;1-2/h6H,1H2,2-4H3,(H2,8,10);1H3. The van der Waals surface area contributed by atoms with Gasteiger partial charge in [0.1, 0.15) is 0 Å². The zero-order chi connectivity index (χ0) is 10.3. The lowest BCUT2D eigenvalue weighted by atomic mass is 10.1. The number of rotatable bonds is 3. The van der Waals surface area contributed by atoms with E-state index in [0.717, 1.165) is 0 Å². The molecule has 0 aliphatic carbocycles. The highest BCUT2D eigenvalue weighted by molar-refractivity contribution is 6.15. The maximum absolute atomic E-state index is 10.5. The number of nitrogens with zero attached hydrogens (tertiary/aromatic N) is 1. The molecule has 12 heavy (non-hydrogen) atoms. The molecule has 0 heterocycles. The highest BCUT2D eigenvalue weighted by atomic mass is 35.5. The number of hydrogen-bond donors (Lipinski definition) is 1. The Balaban J connectivity index is 0. The maximum Gasteiger partial charge on any atom is 0.245 e. The van der Waals surface area contributed by atoms with Crippen LogP contribution >= 0.6 is 11.6 Å². The second-order valence-corrected chi connectivity index (χ2v) is 2.53. The summed E-state index contributed by atoms with van der Waals surface area (Å²) in [5.74, 6) is -0.429. The monoisotopic (exact) mass is 192 g/mol. The summed E-state index contributed by atoms with van der Waals surface area (Å²) < 4.78 is 0. The molecule has 0 aliphatic rings. The van der Waals surface area contributed by atoms with Crippen molar-refractivity contribution in [1.82, 2.24) is 4.90 Å². The Morgan fingerprint density at radius 1 is 1.50 bits per heavy atom. The van der Waals surface area contributed by atoms with E-state index in [1.54, 1.807) is 0 Å². The van der Waals surface area contributed by atoms with E-state index in [-0.39, 0.29) is 6.04 Å². The van der Waals surface area contributed by atoms with Gasteiger partial charge in [0.05, 0.1) is 0 Å². The molecule has 0 spiro atoms. The van der Waals surface area contributed by atoms with E-state index in [0.29, 0.717) is 5.57 Å². The van der Waals surface area contributed by atoms with Gasteiger partial charge < -0.3 is 10.6 Å². The fourth-order valence-corrected chi connectivity index (χ4v) is 0.518. The van der Waals surface area contributed by atoms with E-state index < -0.39 is 5.91 Å². The minimum atomic E-state index is -0.429. The minimum Gasteiger partial charge on any atom is -0.366 e. The van der Waals surface area contributed by atoms with E-state index >= 15 is 0 Å². The van der Waals surface area contributed by atoms with Crippen LogP contribution in [0, 0.1) is 0 Å². The number of halogens is 1. The number of primary amides is 1. The number of amides is 1. The van der Waals surface area contributed by atoms with Gasteiger partial charge in [0, 0.05) is 18.0 Å². The molecule has 3 nitrogen and oxygen atoms in total. The predicted molar refractivity (Wildman–Crippen MR) is 53.3 cm³/mol. The van der Waals surface area contributed by atoms with Crippen LogP contribution in [0.2, 0.25) is 0 Å². The summed E-state index contributed by atoms with van der Waals surface area (Å²) in [5, 5.41) is 0. The van der Waals surface area contributed by atoms with Crippen molar-refractivity contribution in [3.8, 4) is 0 Å². The zero-order valence-electron chi connectivity index (χ0n) is 8.10. The van der Waals surface area contributed by atoms with E-state index in [4.69, 9.17) is 5.73 Å². The number of likely N-dealkylation sites (N-methyl/N-ethyl adjacent to an activating group) is 1. The predicted octanol–water partition coefficient (Wildman–Crippen LogP) is 0.833. The molecule has 0 saturated heterocycles. The van der Waals surface area contributed by atoms with Crippen LogP contribution in [0.15, 0.2) is 12.2 Å². The molecule has 0 fully saturated rings. The first-order valence-electron chi connectivity index (χ1n) is 3.49. The molecule has 0 radical (unpaired) electrons. The smallest absolute Gasteiger partial charge is 0.245 e. The van der Waals surface area contributed by atoms with Crippen molar-refractivity contribution in [3.05, 3.63) is 12.2 Å². The molecule has 2 N–H and O–H groups in total. The van der Waals surface area contributed by atoms with Gasteiger partial charge in [-0.25, -0.2) is 0 Å². The molecule has 1 amide bonds. The van der Waals surface area contributed by atoms with Crippen LogP contribution in [0.5, 0.6) is 0 Å². The van der Waals surface area contributed by atoms with Crippen molar-refractivity contribution in [3.63, 3.8) is 0 Å². The number of carbonyl (C=O) groups is 1. The molecule has 1 unspecified atom stereocenters. The molecule has 0 aromatic carbocycles. The van der Waals surface area contributed by atoms with Crippen molar-refractivity contribution in [2.75, 3.05) is 20.5 Å². The van der Waals surface area contributed by atoms with Gasteiger partial charge in [-0.05, 0) is 21.0 Å². The topological polar surface area (TPSA) is 46.3 Å². The van der Waals surface area contributed by atoms with Gasteiger partial charge in [0.2, 0.25) is 5.91 Å². The summed E-state index contributed by atoms with van der Waals surface area (Å²) in [4.78, 5) is 12.4. The molecular weight excluding hydrogens is 176 g/mol. The first-order chi connectivity index (χ1) is 5.46. The Morgan fingerprint density at radius 3 is 1.92 bits per heavy atom. The Labute approximate surface area is 79.2 Å². The fourth-order valence-electron chi connectivity index (χ4n) is 0.518. The molecule has 0 bridgehead atoms. The molecule has 0 rings (SSSR count). The van der Waals surface area contributed by atoms with Crippen molar-refractivity contribution < 1.29 is 4.79 Å². The lowest BCUT2D eigenvalue weighted by Gasteiger charge is -2.19. The average molecular weight is 193 g/mol. The Morgan fingerprint density at radius 2 is 1.83 bits per heavy atom. The molecule has 0 aromatic rings. The number of carbonyl (C=O) groups excluding carboxylic acids is 1. The van der Waals surface area contributed by atoms with E-state index in [9.17, 15) is 4.79 Å². The van der Waals surface area contributed by atoms with Crippen LogP contribution in [-0.2, 0) is 4.79 Å². The summed E-state index contributed by atoms with van der Waals surface area (Å²) in [6.45, 7) is 5.44. The normalized spacial score (nSPS) is 11.5. The van der Waals surface area contributed by atoms with Crippen LogP contribution in [-0.4, -0.2) is 37.3 Å². The third kappa shape index (κ3) is 5.16. The summed E-state index contributed by atoms with van der Waals surface area (Å²) >= 11 is 4.64. The van der Waals surface area contributed by atoms with Gasteiger partial charge in [-0.3, -0.25) is 4.79 Å². The molecule has 0 aliphatic heterocycles. The summed E-state index contributed by atoms with van der Waals surface area (Å²) in [6, 6.07) is 0.0255. The Kier molecular flexibility index (Phi) is 8.32. The summed E-state index contributed by atoms with van der Waals surface area (Å²) in [6.07, 6.45) is 1.47. The van der Waals surface area contributed by atoms with Crippen molar-refractivity contribution in [2.24, 2.45) is 5.73 Å². The van der Waals surface area contributed by atoms with Crippen LogP contribution in [0.4, 0.5) is 0 Å². The first kappa shape index (κ1) is 14.0. The van der Waals surface area contributed by atoms with Gasteiger partial charge in [0.25, 0.3) is 0 Å². The highest BCUT2D eigenvalue weighted by Gasteiger charge is 2.12. The molecule has 0 aromatic heterocycles. The second kappa shape index (κ2) is 7.13. The molecule has 1 atom stereocenters. The molecule has 72 valence electrons. The molecule has 0 saturated carbocycles. The SMILES string of the molecule is C=C(C(N)=O)C(C)N(C)C.CCl. The van der Waals surface area contributed by atoms with Crippen LogP contribution in [0.1, 0.15) is 6.92 Å². The number of hydrogen-bond acceptors (Lipinski definition) is 2. The van der Waals surface area contributed by atoms with Crippen LogP contribution < -0.4 is 5.73 Å². The zero-order valence-corrected chi connectivity index (χ0v) is 8.85. The number of alkyl halides is 1. The lowest BCUT2D eigenvalue weighted by Crippen LogP contribution is -2.32. The van der Waals surface area contributed by atoms with Gasteiger partial charge in [-0.15, -0.1) is 11.6 Å². The summed E-state index contributed by atoms with van der Waals surface area (Å²) in [7, 11) is 3.75. The van der Waals surface area contributed by atoms with Crippen molar-refractivity contribution in [1.29, 1.82) is 0 Å². The largest absolute Gasteiger partial charge is 0.366 e. The third-order valence-electron chi connectivity index (χ3n) is 1.60. The Hall–Kier alpha value is -0.540. The van der Waals surface area contributed by atoms with Gasteiger partial charge in [-0.2, -0.15) is 0 Å². The quantitative estimate of drug-likeness (QED) is 0.532. The van der Waals surface area contributed by atoms with Gasteiger partial charge >= 0.3 is 0 Å². The van der Waals surface area contributed by atoms with E-state index in [1.807, 2.05) is 25.9 Å². The van der Waals surface area contributed by atoms with Crippen molar-refractivity contribution >= 4 is 17.5 Å². The van der Waals surface area contributed by atoms with Crippen LogP contribution in [0.3, 0.4) is 0 Å². The van der Waals surface area contributed by atoms with Gasteiger partial charge in [0.15, 0.2) is 0 Å². The highest BCUT2D eigenvalue weighted by Crippen LogP contribution is 2.02. The lowest BCUT2D eigenvalue weighted by molar-refractivity contribution is -0.115. The Bertz CT molecular complexity index is 157. The minimum absolute atomic E-state index is 0.0255. The average Bonchev–Trinajstić information content (AvgIpc) is 2.05. The van der Waals surface area contributed by atoms with Crippen molar-refractivity contribution in [2.45, 2.75) is 13.0 Å². The van der Waals surface area contributed by atoms with Gasteiger partial charge in [-0.1, -0.05) is 6.58 Å². The van der Waals surface area contributed by atoms with E-state index in [1.165, 1.54) is 6.38 Å². The molecule has 4 heteroatoms. The molecular formula is C8H17ClN2O. The summed E-state index contributed by atoms with van der Waals surface area (Å²) in [5.41, 5.74) is 5.46. The second-order valence-electron chi connectivity index (χ2n) is 2.53. The maximum atomic E-state index is 10.5. The fraction of sp³-hybridized carbons (Fsp3) is 0.625.